The molecule has 2 aromatic rings. The van der Waals surface area contributed by atoms with Gasteiger partial charge in [0, 0.05) is 11.3 Å². The lowest BCUT2D eigenvalue weighted by molar-refractivity contribution is 0.101. The number of carbonyl (C=O) groups is 1. The Hall–Kier alpha value is -2.29. The number of carbonyl (C=O) groups excluding carboxylic acids is 1. The van der Waals surface area contributed by atoms with E-state index in [4.69, 9.17) is 4.74 Å². The summed E-state index contributed by atoms with van der Waals surface area (Å²) in [5.74, 6) is 2.18. The lowest BCUT2D eigenvalue weighted by atomic mass is 9.77. The van der Waals surface area contributed by atoms with Gasteiger partial charge in [0.2, 0.25) is 0 Å². The number of ketones is 1. The third-order valence-corrected chi connectivity index (χ3v) is 5.64. The Morgan fingerprint density at radius 1 is 1.12 bits per heavy atom. The van der Waals surface area contributed by atoms with Crippen LogP contribution in [0.2, 0.25) is 0 Å². The monoisotopic (exact) mass is 321 g/mol. The molecule has 0 amide bonds. The summed E-state index contributed by atoms with van der Waals surface area (Å²) in [6, 6.07) is 14.9. The molecule has 0 aromatic heterocycles. The molecule has 3 nitrogen and oxygen atoms in total. The van der Waals surface area contributed by atoms with Crippen LogP contribution in [0.4, 0.5) is 5.69 Å². The highest BCUT2D eigenvalue weighted by atomic mass is 16.5. The molecule has 1 N–H and O–H groups in total. The van der Waals surface area contributed by atoms with E-state index >= 15 is 0 Å². The fourth-order valence-corrected chi connectivity index (χ4v) is 4.41. The number of nitrogens with one attached hydrogen (secondary N) is 1. The number of ether oxygens (including phenoxy) is 1. The topological polar surface area (TPSA) is 38.3 Å². The Bertz CT molecular complexity index is 766. The second-order valence-corrected chi connectivity index (χ2v) is 6.95. The SMILES string of the molecule is COc1ccc(C2Nc3ccc(C(C)=O)cc3C3CCCC32)cc1. The van der Waals surface area contributed by atoms with E-state index in [0.717, 1.165) is 11.3 Å². The van der Waals surface area contributed by atoms with Crippen LogP contribution in [0.3, 0.4) is 0 Å². The van der Waals surface area contributed by atoms with Crippen LogP contribution in [0.25, 0.3) is 0 Å². The van der Waals surface area contributed by atoms with E-state index in [2.05, 4.69) is 29.6 Å². The summed E-state index contributed by atoms with van der Waals surface area (Å²) in [6.45, 7) is 1.64. The van der Waals surface area contributed by atoms with Crippen LogP contribution < -0.4 is 10.1 Å². The largest absolute Gasteiger partial charge is 0.497 e. The van der Waals surface area contributed by atoms with Gasteiger partial charge in [0.25, 0.3) is 0 Å². The summed E-state index contributed by atoms with van der Waals surface area (Å²) in [4.78, 5) is 11.7. The molecule has 124 valence electrons. The predicted octanol–water partition coefficient (Wildman–Crippen LogP) is 4.95. The molecule has 2 aliphatic rings. The lowest BCUT2D eigenvalue weighted by Crippen LogP contribution is -2.29. The molecule has 3 unspecified atom stereocenters. The summed E-state index contributed by atoms with van der Waals surface area (Å²) in [5.41, 5.74) is 4.65. The van der Waals surface area contributed by atoms with Crippen LogP contribution in [0.1, 0.15) is 59.6 Å². The normalized spacial score (nSPS) is 24.7. The quantitative estimate of drug-likeness (QED) is 0.813. The van der Waals surface area contributed by atoms with Crippen molar-refractivity contribution in [1.29, 1.82) is 0 Å². The highest BCUT2D eigenvalue weighted by Gasteiger charge is 2.40. The number of hydrogen-bond donors (Lipinski definition) is 1. The summed E-state index contributed by atoms with van der Waals surface area (Å²) >= 11 is 0. The first kappa shape index (κ1) is 15.3. The highest BCUT2D eigenvalue weighted by molar-refractivity contribution is 5.94. The second-order valence-electron chi connectivity index (χ2n) is 6.95. The highest BCUT2D eigenvalue weighted by Crippen LogP contribution is 2.52. The molecule has 0 saturated heterocycles. The van der Waals surface area contributed by atoms with Gasteiger partial charge in [-0.15, -0.1) is 0 Å². The number of hydrogen-bond acceptors (Lipinski definition) is 3. The first-order valence-corrected chi connectivity index (χ1v) is 8.73. The van der Waals surface area contributed by atoms with E-state index in [1.165, 1.54) is 36.1 Å². The Morgan fingerprint density at radius 3 is 2.62 bits per heavy atom. The van der Waals surface area contributed by atoms with E-state index < -0.39 is 0 Å². The molecule has 1 aliphatic carbocycles. The molecule has 4 rings (SSSR count). The van der Waals surface area contributed by atoms with Gasteiger partial charge in [0.15, 0.2) is 5.78 Å². The summed E-state index contributed by atoms with van der Waals surface area (Å²) in [6.07, 6.45) is 3.71. The van der Waals surface area contributed by atoms with Crippen molar-refractivity contribution < 1.29 is 9.53 Å². The molecular weight excluding hydrogens is 298 g/mol. The minimum Gasteiger partial charge on any atom is -0.497 e. The zero-order valence-electron chi connectivity index (χ0n) is 14.2. The van der Waals surface area contributed by atoms with Gasteiger partial charge in [-0.2, -0.15) is 0 Å². The number of Topliss-reactive ketones (excluding diaryl/α,β-unsaturated/α-hetero) is 1. The maximum Gasteiger partial charge on any atom is 0.159 e. The van der Waals surface area contributed by atoms with Gasteiger partial charge in [0.05, 0.1) is 13.2 Å². The fourth-order valence-electron chi connectivity index (χ4n) is 4.41. The zero-order chi connectivity index (χ0) is 16.7. The molecular formula is C21H23NO2. The molecule has 1 heterocycles. The third-order valence-electron chi connectivity index (χ3n) is 5.64. The maximum absolute atomic E-state index is 11.7. The standard InChI is InChI=1S/C21H23NO2/c1-13(23)15-8-11-20-19(12-15)17-4-3-5-18(17)21(22-20)14-6-9-16(24-2)10-7-14/h6-12,17-18,21-22H,3-5H2,1-2H3. The fraction of sp³-hybridized carbons (Fsp3) is 0.381. The van der Waals surface area contributed by atoms with Gasteiger partial charge >= 0.3 is 0 Å². The molecule has 1 fully saturated rings. The smallest absolute Gasteiger partial charge is 0.159 e. The first-order valence-electron chi connectivity index (χ1n) is 8.73. The van der Waals surface area contributed by atoms with Crippen molar-refractivity contribution in [2.75, 3.05) is 12.4 Å². The van der Waals surface area contributed by atoms with Gasteiger partial charge in [-0.05, 0) is 73.1 Å². The average Bonchev–Trinajstić information content (AvgIpc) is 3.10. The van der Waals surface area contributed by atoms with Crippen molar-refractivity contribution in [3.05, 3.63) is 59.2 Å². The Balaban J connectivity index is 1.72. The predicted molar refractivity (Wildman–Crippen MR) is 95.9 cm³/mol. The molecule has 24 heavy (non-hydrogen) atoms. The third kappa shape index (κ3) is 2.48. The van der Waals surface area contributed by atoms with Gasteiger partial charge in [-0.25, -0.2) is 0 Å². The van der Waals surface area contributed by atoms with Crippen molar-refractivity contribution in [3.8, 4) is 5.75 Å². The summed E-state index contributed by atoms with van der Waals surface area (Å²) in [5, 5.41) is 3.74. The number of rotatable bonds is 3. The van der Waals surface area contributed by atoms with Crippen LogP contribution in [-0.4, -0.2) is 12.9 Å². The molecule has 0 spiro atoms. The van der Waals surface area contributed by atoms with Gasteiger partial charge < -0.3 is 10.1 Å². The molecule has 3 heteroatoms. The van der Waals surface area contributed by atoms with Crippen molar-refractivity contribution >= 4 is 11.5 Å². The average molecular weight is 321 g/mol. The molecule has 0 bridgehead atoms. The van der Waals surface area contributed by atoms with Crippen molar-refractivity contribution in [3.63, 3.8) is 0 Å². The van der Waals surface area contributed by atoms with E-state index in [-0.39, 0.29) is 5.78 Å². The molecule has 2 aromatic carbocycles. The lowest BCUT2D eigenvalue weighted by Gasteiger charge is -2.38. The van der Waals surface area contributed by atoms with Crippen LogP contribution in [0, 0.1) is 5.92 Å². The van der Waals surface area contributed by atoms with Gasteiger partial charge in [0.1, 0.15) is 5.75 Å². The Morgan fingerprint density at radius 2 is 1.92 bits per heavy atom. The minimum atomic E-state index is 0.143. The number of anilines is 1. The van der Waals surface area contributed by atoms with E-state index in [9.17, 15) is 4.79 Å². The van der Waals surface area contributed by atoms with E-state index in [1.54, 1.807) is 14.0 Å². The van der Waals surface area contributed by atoms with Crippen molar-refractivity contribution in [1.82, 2.24) is 0 Å². The molecule has 3 atom stereocenters. The van der Waals surface area contributed by atoms with Crippen LogP contribution in [-0.2, 0) is 0 Å². The molecule has 0 radical (unpaired) electrons. The molecule has 1 aliphatic heterocycles. The van der Waals surface area contributed by atoms with E-state index in [1.807, 2.05) is 18.2 Å². The van der Waals surface area contributed by atoms with Crippen molar-refractivity contribution in [2.45, 2.75) is 38.1 Å². The number of fused-ring (bicyclic) bond motifs is 3. The Kier molecular flexibility index (Phi) is 3.79. The molecule has 1 saturated carbocycles. The van der Waals surface area contributed by atoms with Crippen LogP contribution >= 0.6 is 0 Å². The summed E-state index contributed by atoms with van der Waals surface area (Å²) < 4.78 is 5.28. The zero-order valence-corrected chi connectivity index (χ0v) is 14.2. The minimum absolute atomic E-state index is 0.143. The summed E-state index contributed by atoms with van der Waals surface area (Å²) in [7, 11) is 1.70. The maximum atomic E-state index is 11.7. The van der Waals surface area contributed by atoms with Crippen molar-refractivity contribution in [2.24, 2.45) is 5.92 Å². The number of methoxy groups -OCH3 is 1. The number of benzene rings is 2. The van der Waals surface area contributed by atoms with Gasteiger partial charge in [-0.3, -0.25) is 4.79 Å². The van der Waals surface area contributed by atoms with E-state index in [0.29, 0.717) is 17.9 Å². The van der Waals surface area contributed by atoms with Crippen LogP contribution in [0.5, 0.6) is 5.75 Å². The van der Waals surface area contributed by atoms with Gasteiger partial charge in [-0.1, -0.05) is 18.6 Å². The first-order chi connectivity index (χ1) is 11.7. The second kappa shape index (κ2) is 5.97. The van der Waals surface area contributed by atoms with Crippen LogP contribution in [0.15, 0.2) is 42.5 Å². The Labute approximate surface area is 143 Å².